The average molecular weight is 444 g/mol. The smallest absolute Gasteiger partial charge is 0.254 e. The Morgan fingerprint density at radius 3 is 2.39 bits per heavy atom. The van der Waals surface area contributed by atoms with Crippen LogP contribution >= 0.6 is 0 Å². The second-order valence-corrected chi connectivity index (χ2v) is 7.88. The number of nitrogen functional groups attached to an aromatic ring is 1. The molecule has 5 N–H and O–H groups in total. The third-order valence-electron chi connectivity index (χ3n) is 5.11. The maximum atomic E-state index is 12.5. The van der Waals surface area contributed by atoms with E-state index in [0.29, 0.717) is 22.8 Å². The van der Waals surface area contributed by atoms with Crippen molar-refractivity contribution in [3.63, 3.8) is 0 Å². The topological polar surface area (TPSA) is 142 Å². The number of carbonyl (C=O) groups is 2. The van der Waals surface area contributed by atoms with Gasteiger partial charge in [-0.15, -0.1) is 0 Å². The summed E-state index contributed by atoms with van der Waals surface area (Å²) < 4.78 is 6.87. The Bertz CT molecular complexity index is 1290. The minimum Gasteiger partial charge on any atom is -0.383 e. The number of anilines is 2. The normalized spacial score (nSPS) is 11.0. The molecule has 2 amide bonds. The van der Waals surface area contributed by atoms with Crippen LogP contribution in [0.4, 0.5) is 11.6 Å². The van der Waals surface area contributed by atoms with Crippen molar-refractivity contribution >= 4 is 23.5 Å². The summed E-state index contributed by atoms with van der Waals surface area (Å²) in [4.78, 5) is 24.4. The van der Waals surface area contributed by atoms with Crippen molar-refractivity contribution in [2.45, 2.75) is 26.3 Å². The van der Waals surface area contributed by atoms with E-state index < -0.39 is 5.91 Å². The van der Waals surface area contributed by atoms with E-state index in [0.717, 1.165) is 11.1 Å². The number of nitrogens with one attached hydrogen (secondary N) is 1. The molecule has 0 aliphatic heterocycles. The summed E-state index contributed by atoms with van der Waals surface area (Å²) in [5, 5.41) is 11.1. The van der Waals surface area contributed by atoms with Gasteiger partial charge in [-0.2, -0.15) is 5.10 Å². The summed E-state index contributed by atoms with van der Waals surface area (Å²) >= 11 is 0. The molecule has 2 aromatic heterocycles. The largest absolute Gasteiger partial charge is 0.383 e. The number of amides is 2. The molecule has 0 aliphatic rings. The first-order valence-electron chi connectivity index (χ1n) is 10.4. The highest BCUT2D eigenvalue weighted by Gasteiger charge is 2.22. The van der Waals surface area contributed by atoms with E-state index in [1.165, 1.54) is 0 Å². The molecule has 9 heteroatoms. The first kappa shape index (κ1) is 21.8. The average Bonchev–Trinajstić information content (AvgIpc) is 3.39. The van der Waals surface area contributed by atoms with Crippen molar-refractivity contribution in [3.8, 4) is 22.6 Å². The second kappa shape index (κ2) is 8.99. The molecule has 4 aromatic rings. The highest BCUT2D eigenvalue weighted by Crippen LogP contribution is 2.29. The number of nitrogens with zero attached hydrogens (tertiary/aromatic N) is 3. The van der Waals surface area contributed by atoms with Gasteiger partial charge in [-0.3, -0.25) is 9.59 Å². The summed E-state index contributed by atoms with van der Waals surface area (Å²) in [6.45, 7) is 3.83. The Kier molecular flexibility index (Phi) is 5.95. The molecule has 0 atom stereocenters. The van der Waals surface area contributed by atoms with E-state index >= 15 is 0 Å². The summed E-state index contributed by atoms with van der Waals surface area (Å²) in [7, 11) is 0. The quantitative estimate of drug-likeness (QED) is 0.397. The van der Waals surface area contributed by atoms with Crippen LogP contribution in [-0.4, -0.2) is 26.8 Å². The van der Waals surface area contributed by atoms with E-state index in [1.807, 2.05) is 44.2 Å². The van der Waals surface area contributed by atoms with Crippen LogP contribution in [0.15, 0.2) is 65.2 Å². The molecule has 0 spiro atoms. The number of primary amides is 1. The molecular weight excluding hydrogens is 420 g/mol. The lowest BCUT2D eigenvalue weighted by atomic mass is 10.0. The lowest BCUT2D eigenvalue weighted by molar-refractivity contribution is -0.115. The SMILES string of the molecule is CC(C)n1nc(-c2ccc(CC(=O)Nc3cc(-c4ccccc4)on3)cc2)c(C(N)=O)c1N. The summed E-state index contributed by atoms with van der Waals surface area (Å²) in [5.74, 6) is 0.275. The lowest BCUT2D eigenvalue weighted by Gasteiger charge is -2.07. The number of carbonyl (C=O) groups excluding carboxylic acids is 2. The molecule has 0 bridgehead atoms. The van der Waals surface area contributed by atoms with Gasteiger partial charge in [0.25, 0.3) is 5.91 Å². The molecule has 168 valence electrons. The van der Waals surface area contributed by atoms with Crippen molar-refractivity contribution in [1.82, 2.24) is 14.9 Å². The number of benzene rings is 2. The monoisotopic (exact) mass is 444 g/mol. The Labute approximate surface area is 190 Å². The van der Waals surface area contributed by atoms with Crippen LogP contribution in [0.1, 0.15) is 35.8 Å². The van der Waals surface area contributed by atoms with Crippen molar-refractivity contribution in [2.24, 2.45) is 5.73 Å². The number of aromatic nitrogens is 3. The third-order valence-corrected chi connectivity index (χ3v) is 5.11. The molecule has 4 rings (SSSR count). The Morgan fingerprint density at radius 1 is 1.06 bits per heavy atom. The van der Waals surface area contributed by atoms with Gasteiger partial charge < -0.3 is 21.3 Å². The van der Waals surface area contributed by atoms with Gasteiger partial charge >= 0.3 is 0 Å². The predicted molar refractivity (Wildman–Crippen MR) is 125 cm³/mol. The van der Waals surface area contributed by atoms with Crippen molar-refractivity contribution in [1.29, 1.82) is 0 Å². The fourth-order valence-electron chi connectivity index (χ4n) is 3.51. The fraction of sp³-hybridized carbons (Fsp3) is 0.167. The predicted octanol–water partition coefficient (Wildman–Crippen LogP) is 3.65. The molecule has 9 nitrogen and oxygen atoms in total. The molecule has 0 unspecified atom stereocenters. The van der Waals surface area contributed by atoms with Gasteiger partial charge in [-0.05, 0) is 19.4 Å². The molecule has 0 saturated heterocycles. The van der Waals surface area contributed by atoms with Crippen LogP contribution in [0.2, 0.25) is 0 Å². The molecule has 0 aliphatic carbocycles. The molecule has 2 heterocycles. The zero-order chi connectivity index (χ0) is 23.5. The minimum absolute atomic E-state index is 0.0289. The molecule has 0 saturated carbocycles. The van der Waals surface area contributed by atoms with Gasteiger partial charge in [-0.1, -0.05) is 59.8 Å². The molecular formula is C24H24N6O3. The minimum atomic E-state index is -0.639. The van der Waals surface area contributed by atoms with Crippen molar-refractivity contribution in [2.75, 3.05) is 11.1 Å². The third kappa shape index (κ3) is 4.62. The molecule has 0 fully saturated rings. The highest BCUT2D eigenvalue weighted by atomic mass is 16.5. The van der Waals surface area contributed by atoms with Gasteiger partial charge in [0, 0.05) is 23.2 Å². The second-order valence-electron chi connectivity index (χ2n) is 7.88. The van der Waals surface area contributed by atoms with Crippen LogP contribution in [0, 0.1) is 0 Å². The van der Waals surface area contributed by atoms with Gasteiger partial charge in [0.1, 0.15) is 17.1 Å². The van der Waals surface area contributed by atoms with E-state index in [2.05, 4.69) is 15.6 Å². The van der Waals surface area contributed by atoms with E-state index in [-0.39, 0.29) is 29.8 Å². The summed E-state index contributed by atoms with van der Waals surface area (Å²) in [6, 6.07) is 18.3. The molecule has 2 aromatic carbocycles. The van der Waals surface area contributed by atoms with Gasteiger partial charge in [0.15, 0.2) is 11.6 Å². The zero-order valence-corrected chi connectivity index (χ0v) is 18.3. The maximum absolute atomic E-state index is 12.5. The fourth-order valence-corrected chi connectivity index (χ4v) is 3.51. The van der Waals surface area contributed by atoms with Gasteiger partial charge in [0.05, 0.1) is 6.42 Å². The van der Waals surface area contributed by atoms with Gasteiger partial charge in [0.2, 0.25) is 5.91 Å². The standard InChI is InChI=1S/C24H24N6O3/c1-14(2)30-23(25)21(24(26)32)22(28-30)17-10-8-15(9-11-17)12-20(31)27-19-13-18(33-29-19)16-6-4-3-5-7-16/h3-11,13-14H,12,25H2,1-2H3,(H2,26,32)(H,27,29,31). The van der Waals surface area contributed by atoms with Crippen LogP contribution in [0.25, 0.3) is 22.6 Å². The van der Waals surface area contributed by atoms with E-state index in [9.17, 15) is 9.59 Å². The van der Waals surface area contributed by atoms with Crippen LogP contribution in [0.3, 0.4) is 0 Å². The number of nitrogens with two attached hydrogens (primary N) is 2. The Morgan fingerprint density at radius 2 is 1.76 bits per heavy atom. The number of hydrogen-bond acceptors (Lipinski definition) is 6. The van der Waals surface area contributed by atoms with E-state index in [4.69, 9.17) is 16.0 Å². The Hall–Kier alpha value is -4.40. The summed E-state index contributed by atoms with van der Waals surface area (Å²) in [5.41, 5.74) is 14.6. The van der Waals surface area contributed by atoms with E-state index in [1.54, 1.807) is 35.0 Å². The highest BCUT2D eigenvalue weighted by molar-refractivity contribution is 6.03. The van der Waals surface area contributed by atoms with Crippen LogP contribution in [0.5, 0.6) is 0 Å². The first-order chi connectivity index (χ1) is 15.8. The van der Waals surface area contributed by atoms with Crippen LogP contribution in [-0.2, 0) is 11.2 Å². The lowest BCUT2D eigenvalue weighted by Crippen LogP contribution is -2.15. The van der Waals surface area contributed by atoms with Gasteiger partial charge in [-0.25, -0.2) is 4.68 Å². The van der Waals surface area contributed by atoms with Crippen molar-refractivity contribution < 1.29 is 14.1 Å². The van der Waals surface area contributed by atoms with Crippen molar-refractivity contribution in [3.05, 3.63) is 71.8 Å². The summed E-state index contributed by atoms with van der Waals surface area (Å²) in [6.07, 6.45) is 0.138. The molecule has 0 radical (unpaired) electrons. The Balaban J connectivity index is 1.46. The molecule has 33 heavy (non-hydrogen) atoms. The maximum Gasteiger partial charge on any atom is 0.254 e. The van der Waals surface area contributed by atoms with Crippen LogP contribution < -0.4 is 16.8 Å². The number of rotatable bonds is 7. The zero-order valence-electron chi connectivity index (χ0n) is 18.3. The number of hydrogen-bond donors (Lipinski definition) is 3. The first-order valence-corrected chi connectivity index (χ1v) is 10.4.